The lowest BCUT2D eigenvalue weighted by Crippen LogP contribution is -2.55. The minimum atomic E-state index is -0.624. The second-order valence-electron chi connectivity index (χ2n) is 5.73. The van der Waals surface area contributed by atoms with Crippen molar-refractivity contribution in [1.29, 1.82) is 0 Å². The number of carbonyl (C=O) groups excluding carboxylic acids is 3. The molecule has 0 radical (unpaired) electrons. The van der Waals surface area contributed by atoms with E-state index < -0.39 is 11.9 Å². The number of hydrogen-bond acceptors (Lipinski definition) is 4. The molecule has 6 nitrogen and oxygen atoms in total. The number of nitrogens with one attached hydrogen (secondary N) is 1. The van der Waals surface area contributed by atoms with E-state index in [1.165, 1.54) is 11.8 Å². The predicted molar refractivity (Wildman–Crippen MR) is 90.2 cm³/mol. The van der Waals surface area contributed by atoms with Crippen LogP contribution < -0.4 is 10.2 Å². The predicted octanol–water partition coefficient (Wildman–Crippen LogP) is 1.72. The van der Waals surface area contributed by atoms with E-state index >= 15 is 0 Å². The third-order valence-electron chi connectivity index (χ3n) is 4.24. The first kappa shape index (κ1) is 15.0. The molecule has 0 aliphatic carbocycles. The molecular formula is C17H15N3O3S. The molecule has 7 heteroatoms. The zero-order valence-electron chi connectivity index (χ0n) is 12.8. The Labute approximate surface area is 142 Å². The van der Waals surface area contributed by atoms with Crippen molar-refractivity contribution in [3.8, 4) is 5.69 Å². The maximum Gasteiger partial charge on any atom is 0.249 e. The van der Waals surface area contributed by atoms with Crippen LogP contribution in [-0.2, 0) is 14.4 Å². The lowest BCUT2D eigenvalue weighted by Gasteiger charge is -2.35. The van der Waals surface area contributed by atoms with Crippen LogP contribution in [0.25, 0.3) is 5.69 Å². The molecule has 2 aliphatic heterocycles. The van der Waals surface area contributed by atoms with Crippen LogP contribution in [0.1, 0.15) is 12.8 Å². The first-order valence-corrected chi connectivity index (χ1v) is 8.69. The molecule has 1 atom stereocenters. The summed E-state index contributed by atoms with van der Waals surface area (Å²) in [4.78, 5) is 37.6. The SMILES string of the molecule is O=C1CCC(N2C(=O)CSc3c2ccn3-c2ccccc2)C(=O)N1. The van der Waals surface area contributed by atoms with Gasteiger partial charge in [0.05, 0.1) is 11.4 Å². The Balaban J connectivity index is 1.74. The van der Waals surface area contributed by atoms with Gasteiger partial charge in [0.1, 0.15) is 11.1 Å². The van der Waals surface area contributed by atoms with E-state index in [2.05, 4.69) is 5.32 Å². The number of amides is 3. The monoisotopic (exact) mass is 341 g/mol. The number of piperidine rings is 1. The zero-order valence-corrected chi connectivity index (χ0v) is 13.6. The largest absolute Gasteiger partial charge is 0.310 e. The average molecular weight is 341 g/mol. The van der Waals surface area contributed by atoms with Gasteiger partial charge in [-0.15, -0.1) is 0 Å². The Morgan fingerprint density at radius 1 is 1.08 bits per heavy atom. The normalized spacial score (nSPS) is 20.8. The summed E-state index contributed by atoms with van der Waals surface area (Å²) in [6, 6.07) is 11.1. The average Bonchev–Trinajstić information content (AvgIpc) is 3.00. The number of anilines is 1. The highest BCUT2D eigenvalue weighted by Gasteiger charge is 2.39. The summed E-state index contributed by atoms with van der Waals surface area (Å²) >= 11 is 1.47. The van der Waals surface area contributed by atoms with Crippen LogP contribution in [0.3, 0.4) is 0 Å². The lowest BCUT2D eigenvalue weighted by atomic mass is 10.0. The van der Waals surface area contributed by atoms with Crippen molar-refractivity contribution in [2.45, 2.75) is 23.9 Å². The number of aromatic nitrogens is 1. The lowest BCUT2D eigenvalue weighted by molar-refractivity contribution is -0.135. The van der Waals surface area contributed by atoms with Gasteiger partial charge in [0.25, 0.3) is 0 Å². The third kappa shape index (κ3) is 2.41. The Bertz CT molecular complexity index is 831. The molecule has 0 saturated carbocycles. The van der Waals surface area contributed by atoms with Gasteiger partial charge in [0, 0.05) is 18.3 Å². The van der Waals surface area contributed by atoms with Gasteiger partial charge < -0.3 is 4.57 Å². The number of imide groups is 1. The van der Waals surface area contributed by atoms with Crippen molar-refractivity contribution in [2.24, 2.45) is 0 Å². The summed E-state index contributed by atoms with van der Waals surface area (Å²) in [5.41, 5.74) is 1.73. The minimum Gasteiger partial charge on any atom is -0.310 e. The highest BCUT2D eigenvalue weighted by Crippen LogP contribution is 2.39. The number of benzene rings is 1. The van der Waals surface area contributed by atoms with Crippen LogP contribution in [0, 0.1) is 0 Å². The van der Waals surface area contributed by atoms with Crippen LogP contribution >= 0.6 is 11.8 Å². The number of nitrogens with zero attached hydrogens (tertiary/aromatic N) is 2. The maximum atomic E-state index is 12.5. The molecule has 1 aromatic carbocycles. The molecule has 1 unspecified atom stereocenters. The summed E-state index contributed by atoms with van der Waals surface area (Å²) in [5, 5.41) is 3.27. The molecule has 2 aliphatic rings. The first-order valence-electron chi connectivity index (χ1n) is 7.70. The van der Waals surface area contributed by atoms with Gasteiger partial charge in [-0.1, -0.05) is 30.0 Å². The van der Waals surface area contributed by atoms with Crippen LogP contribution in [0.4, 0.5) is 5.69 Å². The molecule has 4 rings (SSSR count). The standard InChI is InChI=1S/C17H15N3O3S/c21-14-7-6-12(16(23)18-14)20-13-8-9-19(11-4-2-1-3-5-11)17(13)24-10-15(20)22/h1-5,8-9,12H,6-7,10H2,(H,18,21,23). The fourth-order valence-corrected chi connectivity index (χ4v) is 4.15. The summed E-state index contributed by atoms with van der Waals surface area (Å²) in [5.74, 6) is -0.503. The maximum absolute atomic E-state index is 12.5. The van der Waals surface area contributed by atoms with Gasteiger partial charge in [0.15, 0.2) is 0 Å². The Morgan fingerprint density at radius 3 is 2.62 bits per heavy atom. The second kappa shape index (κ2) is 5.83. The Kier molecular flexibility index (Phi) is 3.65. The van der Waals surface area contributed by atoms with Gasteiger partial charge in [0.2, 0.25) is 17.7 Å². The molecule has 1 fully saturated rings. The number of carbonyl (C=O) groups is 3. The van der Waals surface area contributed by atoms with E-state index in [0.29, 0.717) is 6.42 Å². The van der Waals surface area contributed by atoms with Crippen molar-refractivity contribution in [1.82, 2.24) is 9.88 Å². The molecular weight excluding hydrogens is 326 g/mol. The van der Waals surface area contributed by atoms with E-state index in [9.17, 15) is 14.4 Å². The van der Waals surface area contributed by atoms with Crippen molar-refractivity contribution < 1.29 is 14.4 Å². The number of hydrogen-bond donors (Lipinski definition) is 1. The fraction of sp³-hybridized carbons (Fsp3) is 0.235. The van der Waals surface area contributed by atoms with Crippen LogP contribution in [0.5, 0.6) is 0 Å². The molecule has 1 saturated heterocycles. The van der Waals surface area contributed by atoms with Gasteiger partial charge in [-0.25, -0.2) is 0 Å². The van der Waals surface area contributed by atoms with Crippen molar-refractivity contribution in [3.05, 3.63) is 42.6 Å². The van der Waals surface area contributed by atoms with Gasteiger partial charge in [-0.2, -0.15) is 0 Å². The number of para-hydroxylation sites is 1. The molecule has 1 aromatic heterocycles. The Hall–Kier alpha value is -2.54. The van der Waals surface area contributed by atoms with Crippen molar-refractivity contribution in [2.75, 3.05) is 10.7 Å². The van der Waals surface area contributed by atoms with E-state index in [1.807, 2.05) is 47.2 Å². The first-order chi connectivity index (χ1) is 11.6. The topological polar surface area (TPSA) is 71.4 Å². The number of rotatable bonds is 2. The fourth-order valence-electron chi connectivity index (χ4n) is 3.13. The summed E-state index contributed by atoms with van der Waals surface area (Å²) in [6.07, 6.45) is 2.52. The molecule has 122 valence electrons. The smallest absolute Gasteiger partial charge is 0.249 e. The third-order valence-corrected chi connectivity index (χ3v) is 5.31. The van der Waals surface area contributed by atoms with E-state index in [4.69, 9.17) is 0 Å². The van der Waals surface area contributed by atoms with Crippen LogP contribution in [0.15, 0.2) is 47.6 Å². The number of thioether (sulfide) groups is 1. The molecule has 3 amide bonds. The second-order valence-corrected chi connectivity index (χ2v) is 6.70. The van der Waals surface area contributed by atoms with E-state index in [1.54, 1.807) is 4.90 Å². The van der Waals surface area contributed by atoms with Gasteiger partial charge >= 0.3 is 0 Å². The molecule has 3 heterocycles. The molecule has 0 spiro atoms. The summed E-state index contributed by atoms with van der Waals surface area (Å²) in [6.45, 7) is 0. The van der Waals surface area contributed by atoms with Crippen LogP contribution in [0.2, 0.25) is 0 Å². The van der Waals surface area contributed by atoms with Gasteiger partial charge in [-0.3, -0.25) is 24.6 Å². The highest BCUT2D eigenvalue weighted by molar-refractivity contribution is 8.00. The highest BCUT2D eigenvalue weighted by atomic mass is 32.2. The molecule has 2 aromatic rings. The molecule has 24 heavy (non-hydrogen) atoms. The molecule has 0 bridgehead atoms. The summed E-state index contributed by atoms with van der Waals surface area (Å²) in [7, 11) is 0. The zero-order chi connectivity index (χ0) is 16.7. The van der Waals surface area contributed by atoms with E-state index in [0.717, 1.165) is 16.4 Å². The molecule has 1 N–H and O–H groups in total. The number of fused-ring (bicyclic) bond motifs is 1. The van der Waals surface area contributed by atoms with Crippen molar-refractivity contribution in [3.63, 3.8) is 0 Å². The Morgan fingerprint density at radius 2 is 1.88 bits per heavy atom. The van der Waals surface area contributed by atoms with Gasteiger partial charge in [-0.05, 0) is 24.6 Å². The van der Waals surface area contributed by atoms with E-state index in [-0.39, 0.29) is 24.0 Å². The summed E-state index contributed by atoms with van der Waals surface area (Å²) < 4.78 is 2.02. The minimum absolute atomic E-state index is 0.104. The van der Waals surface area contributed by atoms with Crippen LogP contribution in [-0.4, -0.2) is 34.1 Å². The quantitative estimate of drug-likeness (QED) is 0.845. The van der Waals surface area contributed by atoms with Crippen molar-refractivity contribution >= 4 is 35.2 Å².